The maximum Gasteiger partial charge on any atom is -0.0300 e. The van der Waals surface area contributed by atoms with Crippen molar-refractivity contribution in [1.29, 1.82) is 0 Å². The van der Waals surface area contributed by atoms with E-state index in [9.17, 15) is 0 Å². The predicted octanol–water partition coefficient (Wildman–Crippen LogP) is 14.1. The molecule has 0 spiro atoms. The van der Waals surface area contributed by atoms with Crippen LogP contribution < -0.4 is 0 Å². The van der Waals surface area contributed by atoms with Crippen LogP contribution in [0.1, 0.15) is 227 Å². The normalized spacial score (nSPS) is 12.0. The summed E-state index contributed by atoms with van der Waals surface area (Å²) in [5.74, 6) is 0. The molecule has 0 aliphatic rings. The third-order valence-electron chi connectivity index (χ3n) is 9.18. The summed E-state index contributed by atoms with van der Waals surface area (Å²) in [5.41, 5.74) is 0.670. The van der Waals surface area contributed by atoms with Crippen LogP contribution >= 0.6 is 0 Å². The summed E-state index contributed by atoms with van der Waals surface area (Å²) >= 11 is 0. The summed E-state index contributed by atoms with van der Waals surface area (Å²) in [7, 11) is 0. The van der Waals surface area contributed by atoms with Gasteiger partial charge in [-0.25, -0.2) is 0 Å². The van der Waals surface area contributed by atoms with Gasteiger partial charge in [-0.1, -0.05) is 207 Å². The Morgan fingerprint density at radius 2 is 0.444 bits per heavy atom. The summed E-state index contributed by atoms with van der Waals surface area (Å²) < 4.78 is 0. The van der Waals surface area contributed by atoms with Crippen molar-refractivity contribution in [3.05, 3.63) is 0 Å². The van der Waals surface area contributed by atoms with Crippen LogP contribution in [-0.2, 0) is 0 Å². The van der Waals surface area contributed by atoms with Gasteiger partial charge in [0.1, 0.15) is 0 Å². The molecule has 218 valence electrons. The van der Waals surface area contributed by atoms with Crippen molar-refractivity contribution in [1.82, 2.24) is 0 Å². The fourth-order valence-electron chi connectivity index (χ4n) is 6.34. The van der Waals surface area contributed by atoms with Crippen LogP contribution in [0.2, 0.25) is 0 Å². The van der Waals surface area contributed by atoms with Crippen LogP contribution in [0.5, 0.6) is 0 Å². The van der Waals surface area contributed by atoms with Crippen molar-refractivity contribution < 1.29 is 0 Å². The zero-order valence-electron chi connectivity index (χ0n) is 26.4. The second-order valence-corrected chi connectivity index (χ2v) is 12.6. The summed E-state index contributed by atoms with van der Waals surface area (Å²) in [4.78, 5) is 0. The second-order valence-electron chi connectivity index (χ2n) is 12.6. The fraction of sp³-hybridized carbons (Fsp3) is 1.00. The van der Waals surface area contributed by atoms with Gasteiger partial charge < -0.3 is 0 Å². The van der Waals surface area contributed by atoms with Gasteiger partial charge in [-0.05, 0) is 24.7 Å². The van der Waals surface area contributed by atoms with Crippen LogP contribution in [0, 0.1) is 5.41 Å². The summed E-state index contributed by atoms with van der Waals surface area (Å²) in [6.45, 7) is 9.49. The van der Waals surface area contributed by atoms with Crippen molar-refractivity contribution in [3.8, 4) is 0 Å². The molecule has 0 bridgehead atoms. The van der Waals surface area contributed by atoms with E-state index in [1.54, 1.807) is 0 Å². The Bertz CT molecular complexity index is 328. The van der Waals surface area contributed by atoms with Gasteiger partial charge in [-0.2, -0.15) is 0 Å². The molecule has 36 heavy (non-hydrogen) atoms. The van der Waals surface area contributed by atoms with Gasteiger partial charge in [-0.15, -0.1) is 0 Å². The fourth-order valence-corrected chi connectivity index (χ4v) is 6.34. The van der Waals surface area contributed by atoms with Gasteiger partial charge in [0, 0.05) is 0 Å². The molecule has 0 saturated carbocycles. The van der Waals surface area contributed by atoms with Crippen LogP contribution in [0.25, 0.3) is 0 Å². The van der Waals surface area contributed by atoms with Crippen molar-refractivity contribution in [2.24, 2.45) is 5.41 Å². The van der Waals surface area contributed by atoms with Crippen molar-refractivity contribution in [2.75, 3.05) is 0 Å². The van der Waals surface area contributed by atoms with E-state index in [2.05, 4.69) is 27.7 Å². The Kier molecular flexibility index (Phi) is 29.6. The molecule has 0 aromatic rings. The Labute approximate surface area is 232 Å². The molecule has 0 rings (SSSR count). The highest BCUT2D eigenvalue weighted by Crippen LogP contribution is 2.40. The molecular formula is C36H74. The molecule has 0 aromatic heterocycles. The van der Waals surface area contributed by atoms with E-state index in [1.165, 1.54) is 199 Å². The SMILES string of the molecule is CCCCCCCCCCCC(CC)(CCCCCCCCCCC)CCCCCCCCCCC. The lowest BCUT2D eigenvalue weighted by atomic mass is 9.72. The van der Waals surface area contributed by atoms with Crippen LogP contribution in [-0.4, -0.2) is 0 Å². The van der Waals surface area contributed by atoms with Crippen LogP contribution in [0.15, 0.2) is 0 Å². The average molecular weight is 507 g/mol. The van der Waals surface area contributed by atoms with E-state index in [-0.39, 0.29) is 0 Å². The van der Waals surface area contributed by atoms with E-state index in [1.807, 2.05) is 0 Å². The quantitative estimate of drug-likeness (QED) is 0.0820. The molecule has 0 N–H and O–H groups in total. The highest BCUT2D eigenvalue weighted by atomic mass is 14.3. The molecular weight excluding hydrogens is 432 g/mol. The summed E-state index contributed by atoms with van der Waals surface area (Å²) in [6.07, 6.45) is 45.6. The van der Waals surface area contributed by atoms with Gasteiger partial charge in [-0.3, -0.25) is 0 Å². The average Bonchev–Trinajstić information content (AvgIpc) is 2.89. The highest BCUT2D eigenvalue weighted by Gasteiger charge is 2.26. The summed E-state index contributed by atoms with van der Waals surface area (Å²) in [5, 5.41) is 0. The Balaban J connectivity index is 4.22. The Hall–Kier alpha value is 0. The predicted molar refractivity (Wildman–Crippen MR) is 168 cm³/mol. The van der Waals surface area contributed by atoms with Gasteiger partial charge in [0.05, 0.1) is 0 Å². The first-order valence-corrected chi connectivity index (χ1v) is 17.7. The maximum atomic E-state index is 2.52. The molecule has 0 saturated heterocycles. The molecule has 0 aromatic carbocycles. The number of hydrogen-bond acceptors (Lipinski definition) is 0. The molecule has 0 aliphatic carbocycles. The molecule has 0 nitrogen and oxygen atoms in total. The largest absolute Gasteiger partial charge is 0.0654 e. The third-order valence-corrected chi connectivity index (χ3v) is 9.18. The molecule has 0 atom stereocenters. The van der Waals surface area contributed by atoms with E-state index in [0.717, 1.165) is 0 Å². The maximum absolute atomic E-state index is 2.52. The molecule has 0 heterocycles. The van der Waals surface area contributed by atoms with E-state index < -0.39 is 0 Å². The minimum absolute atomic E-state index is 0.670. The summed E-state index contributed by atoms with van der Waals surface area (Å²) in [6, 6.07) is 0. The lowest BCUT2D eigenvalue weighted by Crippen LogP contribution is -2.20. The number of rotatable bonds is 31. The lowest BCUT2D eigenvalue weighted by Gasteiger charge is -2.34. The molecule has 0 aliphatic heterocycles. The van der Waals surface area contributed by atoms with Gasteiger partial charge >= 0.3 is 0 Å². The Morgan fingerprint density at radius 3 is 0.639 bits per heavy atom. The first kappa shape index (κ1) is 36.0. The minimum Gasteiger partial charge on any atom is -0.0654 e. The van der Waals surface area contributed by atoms with Crippen molar-refractivity contribution in [3.63, 3.8) is 0 Å². The zero-order valence-corrected chi connectivity index (χ0v) is 26.4. The van der Waals surface area contributed by atoms with E-state index in [0.29, 0.717) is 5.41 Å². The number of hydrogen-bond donors (Lipinski definition) is 0. The molecule has 0 fully saturated rings. The van der Waals surface area contributed by atoms with Crippen LogP contribution in [0.3, 0.4) is 0 Å². The lowest BCUT2D eigenvalue weighted by molar-refractivity contribution is 0.186. The topological polar surface area (TPSA) is 0 Å². The Morgan fingerprint density at radius 1 is 0.250 bits per heavy atom. The van der Waals surface area contributed by atoms with Crippen LogP contribution in [0.4, 0.5) is 0 Å². The van der Waals surface area contributed by atoms with Crippen molar-refractivity contribution >= 4 is 0 Å². The zero-order chi connectivity index (χ0) is 26.4. The smallest absolute Gasteiger partial charge is 0.0300 e. The highest BCUT2D eigenvalue weighted by molar-refractivity contribution is 4.78. The first-order chi connectivity index (χ1) is 17.7. The van der Waals surface area contributed by atoms with Gasteiger partial charge in [0.2, 0.25) is 0 Å². The van der Waals surface area contributed by atoms with Gasteiger partial charge in [0.15, 0.2) is 0 Å². The molecule has 0 radical (unpaired) electrons. The standard InChI is InChI=1S/C36H74/c1-5-9-12-15-18-21-24-27-30-33-36(8-4,34-31-28-25-22-19-16-13-10-6-2)35-32-29-26-23-20-17-14-11-7-3/h5-35H2,1-4H3. The number of unbranched alkanes of at least 4 members (excludes halogenated alkanes) is 24. The molecule has 0 amide bonds. The first-order valence-electron chi connectivity index (χ1n) is 17.7. The van der Waals surface area contributed by atoms with Gasteiger partial charge in [0.25, 0.3) is 0 Å². The monoisotopic (exact) mass is 507 g/mol. The van der Waals surface area contributed by atoms with E-state index in [4.69, 9.17) is 0 Å². The van der Waals surface area contributed by atoms with E-state index >= 15 is 0 Å². The van der Waals surface area contributed by atoms with Crippen molar-refractivity contribution in [2.45, 2.75) is 227 Å². The molecule has 0 heteroatoms. The minimum atomic E-state index is 0.670. The third kappa shape index (κ3) is 24.3. The second kappa shape index (κ2) is 29.6. The molecule has 0 unspecified atom stereocenters.